The molecule has 1 aliphatic carbocycles. The standard InChI is InChI=1S/C21H22F2N2O4S/c1-21(22,23)19-12-18(29-15-6-4-3-5-7-15)16(13-24-19)20(26)25-17(14-8-9-14)10-11-30(2,27)28/h3-7,10-14,17H,8-9H2,1-2H3,(H,25,26). The fourth-order valence-electron chi connectivity index (χ4n) is 2.78. The summed E-state index contributed by atoms with van der Waals surface area (Å²) in [6, 6.07) is 9.01. The predicted octanol–water partition coefficient (Wildman–Crippen LogP) is 4.05. The topological polar surface area (TPSA) is 85.4 Å². The summed E-state index contributed by atoms with van der Waals surface area (Å²) in [6.45, 7) is 0.709. The second kappa shape index (κ2) is 8.51. The summed E-state index contributed by atoms with van der Waals surface area (Å²) in [5, 5.41) is 3.81. The lowest BCUT2D eigenvalue weighted by molar-refractivity contribution is 0.0125. The van der Waals surface area contributed by atoms with Crippen LogP contribution >= 0.6 is 0 Å². The highest BCUT2D eigenvalue weighted by Gasteiger charge is 2.33. The van der Waals surface area contributed by atoms with Crippen molar-refractivity contribution in [1.82, 2.24) is 10.3 Å². The SMILES string of the molecule is CC(F)(F)c1cc(Oc2ccccc2)c(C(=O)NC(C=CS(C)(=O)=O)C2CC2)cn1. The van der Waals surface area contributed by atoms with Crippen LogP contribution in [0.5, 0.6) is 11.5 Å². The lowest BCUT2D eigenvalue weighted by atomic mass is 10.1. The third-order valence-electron chi connectivity index (χ3n) is 4.49. The number of sulfone groups is 1. The van der Waals surface area contributed by atoms with Crippen LogP contribution in [-0.2, 0) is 15.8 Å². The molecule has 1 unspecified atom stereocenters. The van der Waals surface area contributed by atoms with Crippen LogP contribution in [0.25, 0.3) is 0 Å². The summed E-state index contributed by atoms with van der Waals surface area (Å²) >= 11 is 0. The number of nitrogens with one attached hydrogen (secondary N) is 1. The van der Waals surface area contributed by atoms with E-state index in [-0.39, 0.29) is 17.2 Å². The molecule has 0 aliphatic heterocycles. The summed E-state index contributed by atoms with van der Waals surface area (Å²) in [7, 11) is -3.35. The number of hydrogen-bond donors (Lipinski definition) is 1. The molecule has 0 saturated heterocycles. The number of ether oxygens (including phenoxy) is 1. The van der Waals surface area contributed by atoms with Gasteiger partial charge in [0.25, 0.3) is 11.8 Å². The van der Waals surface area contributed by atoms with Gasteiger partial charge in [0.15, 0.2) is 9.84 Å². The molecular formula is C21H22F2N2O4S. The van der Waals surface area contributed by atoms with Crippen LogP contribution < -0.4 is 10.1 Å². The van der Waals surface area contributed by atoms with Crippen LogP contribution in [0.3, 0.4) is 0 Å². The van der Waals surface area contributed by atoms with Crippen LogP contribution in [0.4, 0.5) is 8.78 Å². The molecule has 0 spiro atoms. The number of halogens is 2. The highest BCUT2D eigenvalue weighted by molar-refractivity contribution is 7.93. The molecule has 3 rings (SSSR count). The minimum atomic E-state index is -3.35. The maximum absolute atomic E-state index is 13.8. The zero-order chi connectivity index (χ0) is 21.9. The molecule has 1 aromatic heterocycles. The van der Waals surface area contributed by atoms with E-state index in [0.717, 1.165) is 36.8 Å². The molecule has 30 heavy (non-hydrogen) atoms. The molecule has 1 atom stereocenters. The number of carbonyl (C=O) groups excluding carboxylic acids is 1. The zero-order valence-corrected chi connectivity index (χ0v) is 17.3. The van der Waals surface area contributed by atoms with E-state index >= 15 is 0 Å². The Morgan fingerprint density at radius 3 is 2.53 bits per heavy atom. The quantitative estimate of drug-likeness (QED) is 0.675. The van der Waals surface area contributed by atoms with E-state index in [4.69, 9.17) is 4.74 Å². The highest BCUT2D eigenvalue weighted by atomic mass is 32.2. The van der Waals surface area contributed by atoms with E-state index in [1.54, 1.807) is 30.3 Å². The smallest absolute Gasteiger partial charge is 0.287 e. The molecule has 2 aromatic rings. The van der Waals surface area contributed by atoms with Gasteiger partial charge in [-0.15, -0.1) is 0 Å². The van der Waals surface area contributed by atoms with E-state index in [2.05, 4.69) is 10.3 Å². The number of rotatable bonds is 8. The lowest BCUT2D eigenvalue weighted by Gasteiger charge is -2.18. The van der Waals surface area contributed by atoms with Crippen molar-refractivity contribution in [3.8, 4) is 11.5 Å². The minimum Gasteiger partial charge on any atom is -0.456 e. The van der Waals surface area contributed by atoms with Crippen LogP contribution in [0, 0.1) is 5.92 Å². The molecule has 0 radical (unpaired) electrons. The molecule has 1 amide bonds. The fourth-order valence-corrected chi connectivity index (χ4v) is 3.24. The number of nitrogens with zero attached hydrogens (tertiary/aromatic N) is 1. The van der Waals surface area contributed by atoms with Crippen molar-refractivity contribution in [3.63, 3.8) is 0 Å². The summed E-state index contributed by atoms with van der Waals surface area (Å²) in [6.07, 6.45) is 5.25. The molecule has 9 heteroatoms. The molecule has 6 nitrogen and oxygen atoms in total. The Balaban J connectivity index is 1.90. The Bertz CT molecular complexity index is 1050. The first-order chi connectivity index (χ1) is 14.0. The molecule has 1 aliphatic rings. The summed E-state index contributed by atoms with van der Waals surface area (Å²) < 4.78 is 56.1. The third kappa shape index (κ3) is 6.09. The molecule has 1 heterocycles. The number of carbonyl (C=O) groups is 1. The largest absolute Gasteiger partial charge is 0.456 e. The van der Waals surface area contributed by atoms with Gasteiger partial charge in [-0.25, -0.2) is 8.42 Å². The maximum atomic E-state index is 13.8. The van der Waals surface area contributed by atoms with Gasteiger partial charge in [0.1, 0.15) is 22.8 Å². The average Bonchev–Trinajstić information content (AvgIpc) is 3.49. The van der Waals surface area contributed by atoms with Gasteiger partial charge >= 0.3 is 0 Å². The Hall–Kier alpha value is -2.81. The van der Waals surface area contributed by atoms with Gasteiger partial charge in [-0.05, 0) is 30.9 Å². The zero-order valence-electron chi connectivity index (χ0n) is 16.5. The number of benzene rings is 1. The maximum Gasteiger partial charge on any atom is 0.287 e. The van der Waals surface area contributed by atoms with Gasteiger partial charge in [-0.3, -0.25) is 9.78 Å². The molecule has 1 aromatic carbocycles. The fraction of sp³-hybridized carbons (Fsp3) is 0.333. The monoisotopic (exact) mass is 436 g/mol. The number of alkyl halides is 2. The van der Waals surface area contributed by atoms with Crippen molar-refractivity contribution in [2.45, 2.75) is 31.7 Å². The second-order valence-electron chi connectivity index (χ2n) is 7.36. The van der Waals surface area contributed by atoms with E-state index in [9.17, 15) is 22.0 Å². The van der Waals surface area contributed by atoms with E-state index < -0.39 is 33.4 Å². The molecule has 1 saturated carbocycles. The lowest BCUT2D eigenvalue weighted by Crippen LogP contribution is -2.35. The molecular weight excluding hydrogens is 414 g/mol. The predicted molar refractivity (Wildman–Crippen MR) is 108 cm³/mol. The number of hydrogen-bond acceptors (Lipinski definition) is 5. The van der Waals surface area contributed by atoms with E-state index in [1.165, 1.54) is 6.08 Å². The van der Waals surface area contributed by atoms with Crippen LogP contribution in [0.1, 0.15) is 35.8 Å². The number of para-hydroxylation sites is 1. The first-order valence-corrected chi connectivity index (χ1v) is 11.3. The number of amides is 1. The summed E-state index contributed by atoms with van der Waals surface area (Å²) in [5.74, 6) is -3.36. The van der Waals surface area contributed by atoms with E-state index in [0.29, 0.717) is 12.7 Å². The molecule has 1 N–H and O–H groups in total. The van der Waals surface area contributed by atoms with Crippen molar-refractivity contribution in [2.75, 3.05) is 6.26 Å². The van der Waals surface area contributed by atoms with Crippen molar-refractivity contribution in [2.24, 2.45) is 5.92 Å². The summed E-state index contributed by atoms with van der Waals surface area (Å²) in [4.78, 5) is 16.6. The molecule has 160 valence electrons. The Morgan fingerprint density at radius 2 is 1.97 bits per heavy atom. The van der Waals surface area contributed by atoms with Gasteiger partial charge in [0, 0.05) is 30.9 Å². The third-order valence-corrected chi connectivity index (χ3v) is 5.14. The first kappa shape index (κ1) is 21.9. The van der Waals surface area contributed by atoms with Crippen molar-refractivity contribution < 1.29 is 26.7 Å². The Morgan fingerprint density at radius 1 is 1.30 bits per heavy atom. The summed E-state index contributed by atoms with van der Waals surface area (Å²) in [5.41, 5.74) is -0.550. The van der Waals surface area contributed by atoms with Crippen LogP contribution in [0.15, 0.2) is 54.1 Å². The van der Waals surface area contributed by atoms with Gasteiger partial charge in [0.05, 0.1) is 6.04 Å². The van der Waals surface area contributed by atoms with Crippen molar-refractivity contribution in [3.05, 3.63) is 65.3 Å². The van der Waals surface area contributed by atoms with Crippen LogP contribution in [0.2, 0.25) is 0 Å². The average molecular weight is 436 g/mol. The van der Waals surface area contributed by atoms with E-state index in [1.807, 2.05) is 0 Å². The van der Waals surface area contributed by atoms with Gasteiger partial charge < -0.3 is 10.1 Å². The number of pyridine rings is 1. The highest BCUT2D eigenvalue weighted by Crippen LogP contribution is 2.35. The second-order valence-corrected chi connectivity index (χ2v) is 9.30. The Labute approximate surface area is 173 Å². The van der Waals surface area contributed by atoms with Crippen molar-refractivity contribution in [1.29, 1.82) is 0 Å². The van der Waals surface area contributed by atoms with Crippen LogP contribution in [-0.4, -0.2) is 31.6 Å². The van der Waals surface area contributed by atoms with Gasteiger partial charge in [-0.1, -0.05) is 24.3 Å². The minimum absolute atomic E-state index is 0.0229. The van der Waals surface area contributed by atoms with Crippen molar-refractivity contribution >= 4 is 15.7 Å². The number of aromatic nitrogens is 1. The Kier molecular flexibility index (Phi) is 6.21. The molecule has 0 bridgehead atoms. The molecule has 1 fully saturated rings. The first-order valence-electron chi connectivity index (χ1n) is 9.33. The van der Waals surface area contributed by atoms with Gasteiger partial charge in [0.2, 0.25) is 0 Å². The normalized spacial score (nSPS) is 15.7. The van der Waals surface area contributed by atoms with Gasteiger partial charge in [-0.2, -0.15) is 8.78 Å².